The van der Waals surface area contributed by atoms with E-state index in [4.69, 9.17) is 14.2 Å². The number of hydrogen-bond donors (Lipinski definition) is 1. The summed E-state index contributed by atoms with van der Waals surface area (Å²) in [6.45, 7) is 1.97. The highest BCUT2D eigenvalue weighted by Gasteiger charge is 2.21. The van der Waals surface area contributed by atoms with Crippen molar-refractivity contribution in [1.29, 1.82) is 0 Å². The fourth-order valence-corrected chi connectivity index (χ4v) is 2.71. The van der Waals surface area contributed by atoms with Crippen LogP contribution in [0.3, 0.4) is 0 Å². The van der Waals surface area contributed by atoms with E-state index in [1.807, 2.05) is 30.3 Å². The number of methoxy groups -OCH3 is 1. The van der Waals surface area contributed by atoms with Crippen molar-refractivity contribution < 1.29 is 23.8 Å². The summed E-state index contributed by atoms with van der Waals surface area (Å²) in [5.74, 6) is 0.0182. The van der Waals surface area contributed by atoms with Gasteiger partial charge in [0.25, 0.3) is 5.91 Å². The van der Waals surface area contributed by atoms with Gasteiger partial charge in [0, 0.05) is 5.69 Å². The van der Waals surface area contributed by atoms with Crippen molar-refractivity contribution in [2.75, 3.05) is 12.4 Å². The minimum Gasteiger partial charge on any atom is -0.496 e. The van der Waals surface area contributed by atoms with Gasteiger partial charge in [0.15, 0.2) is 6.10 Å². The summed E-state index contributed by atoms with van der Waals surface area (Å²) in [4.78, 5) is 24.7. The third-order valence-electron chi connectivity index (χ3n) is 4.35. The maximum absolute atomic E-state index is 12.4. The van der Waals surface area contributed by atoms with E-state index in [0.717, 1.165) is 5.56 Å². The highest BCUT2D eigenvalue weighted by atomic mass is 16.5. The van der Waals surface area contributed by atoms with E-state index in [2.05, 4.69) is 5.32 Å². The second kappa shape index (κ2) is 10.1. The van der Waals surface area contributed by atoms with E-state index in [9.17, 15) is 9.59 Å². The zero-order valence-corrected chi connectivity index (χ0v) is 16.8. The lowest BCUT2D eigenvalue weighted by molar-refractivity contribution is -0.123. The number of esters is 1. The second-order valence-corrected chi connectivity index (χ2v) is 6.54. The molecule has 3 aromatic rings. The third kappa shape index (κ3) is 5.61. The molecule has 3 rings (SSSR count). The second-order valence-electron chi connectivity index (χ2n) is 6.54. The Bertz CT molecular complexity index is 986. The van der Waals surface area contributed by atoms with Crippen molar-refractivity contribution in [1.82, 2.24) is 0 Å². The van der Waals surface area contributed by atoms with Crippen molar-refractivity contribution in [2.45, 2.75) is 19.6 Å². The van der Waals surface area contributed by atoms with E-state index >= 15 is 0 Å². The molecule has 1 amide bonds. The van der Waals surface area contributed by atoms with E-state index in [0.29, 0.717) is 23.8 Å². The van der Waals surface area contributed by atoms with E-state index in [-0.39, 0.29) is 5.56 Å². The van der Waals surface area contributed by atoms with Gasteiger partial charge in [-0.2, -0.15) is 0 Å². The summed E-state index contributed by atoms with van der Waals surface area (Å²) in [6.07, 6.45) is -0.976. The molecular formula is C24H23NO5. The Morgan fingerprint density at radius 2 is 1.57 bits per heavy atom. The van der Waals surface area contributed by atoms with Crippen LogP contribution in [-0.2, 0) is 16.1 Å². The molecule has 3 aromatic carbocycles. The molecule has 0 bridgehead atoms. The van der Waals surface area contributed by atoms with Crippen molar-refractivity contribution in [3.8, 4) is 11.5 Å². The molecule has 0 aromatic heterocycles. The first-order valence-electron chi connectivity index (χ1n) is 9.48. The largest absolute Gasteiger partial charge is 0.496 e. The SMILES string of the molecule is COc1ccccc1C(=O)O[C@@H](C)C(=O)Nc1ccc(OCc2ccccc2)cc1. The Morgan fingerprint density at radius 3 is 2.27 bits per heavy atom. The summed E-state index contributed by atoms with van der Waals surface area (Å²) in [6, 6.07) is 23.5. The highest BCUT2D eigenvalue weighted by Crippen LogP contribution is 2.20. The highest BCUT2D eigenvalue weighted by molar-refractivity contribution is 5.98. The number of para-hydroxylation sites is 1. The molecule has 0 fully saturated rings. The number of amides is 1. The fraction of sp³-hybridized carbons (Fsp3) is 0.167. The average molecular weight is 405 g/mol. The van der Waals surface area contributed by atoms with Crippen LogP contribution in [0.5, 0.6) is 11.5 Å². The van der Waals surface area contributed by atoms with Crippen molar-refractivity contribution >= 4 is 17.6 Å². The minimum absolute atomic E-state index is 0.263. The Hall–Kier alpha value is -3.80. The molecule has 0 unspecified atom stereocenters. The lowest BCUT2D eigenvalue weighted by Gasteiger charge is -2.15. The Labute approximate surface area is 175 Å². The van der Waals surface area contributed by atoms with Gasteiger partial charge in [-0.1, -0.05) is 42.5 Å². The quantitative estimate of drug-likeness (QED) is 0.560. The Kier molecular flexibility index (Phi) is 7.05. The van der Waals surface area contributed by atoms with Gasteiger partial charge in [-0.3, -0.25) is 4.79 Å². The normalized spacial score (nSPS) is 11.3. The number of carbonyl (C=O) groups is 2. The molecule has 6 nitrogen and oxygen atoms in total. The minimum atomic E-state index is -0.976. The first kappa shape index (κ1) is 20.9. The molecule has 0 saturated heterocycles. The predicted octanol–water partition coefficient (Wildman–Crippen LogP) is 4.46. The van der Waals surface area contributed by atoms with Gasteiger partial charge in [-0.05, 0) is 48.9 Å². The maximum atomic E-state index is 12.4. The summed E-state index contributed by atoms with van der Waals surface area (Å²) >= 11 is 0. The van der Waals surface area contributed by atoms with Crippen LogP contribution in [0.25, 0.3) is 0 Å². The molecule has 30 heavy (non-hydrogen) atoms. The maximum Gasteiger partial charge on any atom is 0.342 e. The van der Waals surface area contributed by atoms with E-state index in [1.165, 1.54) is 14.0 Å². The van der Waals surface area contributed by atoms with Crippen molar-refractivity contribution in [2.24, 2.45) is 0 Å². The molecule has 1 atom stereocenters. The molecule has 0 aliphatic heterocycles. The van der Waals surface area contributed by atoms with Crippen LogP contribution < -0.4 is 14.8 Å². The molecule has 6 heteroatoms. The van der Waals surface area contributed by atoms with Crippen molar-refractivity contribution in [3.63, 3.8) is 0 Å². The lowest BCUT2D eigenvalue weighted by atomic mass is 10.2. The van der Waals surface area contributed by atoms with Gasteiger partial charge >= 0.3 is 5.97 Å². The molecule has 1 N–H and O–H groups in total. The number of anilines is 1. The van der Waals surface area contributed by atoms with Crippen LogP contribution in [-0.4, -0.2) is 25.1 Å². The zero-order valence-electron chi connectivity index (χ0n) is 16.8. The number of carbonyl (C=O) groups excluding carboxylic acids is 2. The monoisotopic (exact) mass is 405 g/mol. The summed E-state index contributed by atoms with van der Waals surface area (Å²) in [5.41, 5.74) is 1.91. The number of hydrogen-bond acceptors (Lipinski definition) is 5. The first-order chi connectivity index (χ1) is 14.6. The Morgan fingerprint density at radius 1 is 0.900 bits per heavy atom. The van der Waals surface area contributed by atoms with Gasteiger partial charge in [0.2, 0.25) is 0 Å². The van der Waals surface area contributed by atoms with Crippen LogP contribution >= 0.6 is 0 Å². The van der Waals surface area contributed by atoms with Crippen LogP contribution in [0.2, 0.25) is 0 Å². The summed E-state index contributed by atoms with van der Waals surface area (Å²) < 4.78 is 16.1. The molecule has 0 aliphatic carbocycles. The summed E-state index contributed by atoms with van der Waals surface area (Å²) in [7, 11) is 1.47. The topological polar surface area (TPSA) is 73.9 Å². The molecule has 0 spiro atoms. The Balaban J connectivity index is 1.52. The van der Waals surface area contributed by atoms with E-state index < -0.39 is 18.0 Å². The summed E-state index contributed by atoms with van der Waals surface area (Å²) in [5, 5.41) is 2.73. The molecule has 0 heterocycles. The van der Waals surface area contributed by atoms with Gasteiger partial charge in [0.1, 0.15) is 23.7 Å². The molecule has 154 valence electrons. The fourth-order valence-electron chi connectivity index (χ4n) is 2.71. The average Bonchev–Trinajstić information content (AvgIpc) is 2.79. The van der Waals surface area contributed by atoms with Gasteiger partial charge in [-0.15, -0.1) is 0 Å². The third-order valence-corrected chi connectivity index (χ3v) is 4.35. The van der Waals surface area contributed by atoms with Crippen LogP contribution in [0.15, 0.2) is 78.9 Å². The molecular weight excluding hydrogens is 382 g/mol. The number of benzene rings is 3. The van der Waals surface area contributed by atoms with Crippen LogP contribution in [0.1, 0.15) is 22.8 Å². The van der Waals surface area contributed by atoms with Gasteiger partial charge in [0.05, 0.1) is 7.11 Å². The molecule has 0 saturated carbocycles. The van der Waals surface area contributed by atoms with E-state index in [1.54, 1.807) is 48.5 Å². The van der Waals surface area contributed by atoms with Crippen LogP contribution in [0.4, 0.5) is 5.69 Å². The number of nitrogens with one attached hydrogen (secondary N) is 1. The number of rotatable bonds is 8. The smallest absolute Gasteiger partial charge is 0.342 e. The lowest BCUT2D eigenvalue weighted by Crippen LogP contribution is -2.30. The molecule has 0 aliphatic rings. The predicted molar refractivity (Wildman–Crippen MR) is 114 cm³/mol. The number of ether oxygens (including phenoxy) is 3. The van der Waals surface area contributed by atoms with Gasteiger partial charge in [-0.25, -0.2) is 4.79 Å². The first-order valence-corrected chi connectivity index (χ1v) is 9.48. The standard InChI is InChI=1S/C24H23NO5/c1-17(30-24(27)21-10-6-7-11-22(21)28-2)23(26)25-19-12-14-20(15-13-19)29-16-18-8-4-3-5-9-18/h3-15,17H,16H2,1-2H3,(H,25,26)/t17-/m0/s1. The zero-order chi connectivity index (χ0) is 21.3. The van der Waals surface area contributed by atoms with Crippen LogP contribution in [0, 0.1) is 0 Å². The van der Waals surface area contributed by atoms with Crippen molar-refractivity contribution in [3.05, 3.63) is 90.0 Å². The molecule has 0 radical (unpaired) electrons. The van der Waals surface area contributed by atoms with Gasteiger partial charge < -0.3 is 19.5 Å².